The van der Waals surface area contributed by atoms with Gasteiger partial charge in [0.15, 0.2) is 0 Å². The van der Waals surface area contributed by atoms with E-state index in [0.717, 1.165) is 32.7 Å². The van der Waals surface area contributed by atoms with Crippen molar-refractivity contribution in [3.05, 3.63) is 5.51 Å². The second-order valence-corrected chi connectivity index (χ2v) is 5.83. The average Bonchev–Trinajstić information content (AvgIpc) is 2.98. The number of urea groups is 1. The van der Waals surface area contributed by atoms with Gasteiger partial charge in [0.2, 0.25) is 5.13 Å². The third kappa shape index (κ3) is 3.87. The van der Waals surface area contributed by atoms with E-state index >= 15 is 0 Å². The molecule has 1 aromatic heterocycles. The van der Waals surface area contributed by atoms with Crippen LogP contribution in [0.5, 0.6) is 0 Å². The summed E-state index contributed by atoms with van der Waals surface area (Å²) in [6, 6.07) is -0.241. The Hall–Kier alpha value is -1.25. The molecule has 7 nitrogen and oxygen atoms in total. The van der Waals surface area contributed by atoms with Gasteiger partial charge < -0.3 is 10.1 Å². The van der Waals surface area contributed by atoms with E-state index in [4.69, 9.17) is 4.74 Å². The van der Waals surface area contributed by atoms with E-state index < -0.39 is 0 Å². The molecule has 2 heterocycles. The molecule has 0 bridgehead atoms. The molecule has 8 heteroatoms. The quantitative estimate of drug-likeness (QED) is 0.853. The second kappa shape index (κ2) is 6.96. The average molecular weight is 299 g/mol. The highest BCUT2D eigenvalue weighted by Crippen LogP contribution is 2.20. The van der Waals surface area contributed by atoms with Gasteiger partial charge in [-0.15, -0.1) is 10.2 Å². The van der Waals surface area contributed by atoms with E-state index in [1.54, 1.807) is 5.51 Å². The van der Waals surface area contributed by atoms with Gasteiger partial charge in [0.05, 0.1) is 13.2 Å². The number of ether oxygens (including phenoxy) is 1. The summed E-state index contributed by atoms with van der Waals surface area (Å²) in [7, 11) is 0. The minimum atomic E-state index is -0.241. The predicted octanol–water partition coefficient (Wildman–Crippen LogP) is 1.16. The van der Waals surface area contributed by atoms with Crippen LogP contribution in [0.15, 0.2) is 5.51 Å². The van der Waals surface area contributed by atoms with Gasteiger partial charge in [0, 0.05) is 25.2 Å². The molecule has 1 aromatic rings. The molecule has 0 radical (unpaired) electrons. The van der Waals surface area contributed by atoms with E-state index in [2.05, 4.69) is 39.6 Å². The molecule has 2 amide bonds. The van der Waals surface area contributed by atoms with Crippen molar-refractivity contribution < 1.29 is 9.53 Å². The van der Waals surface area contributed by atoms with Gasteiger partial charge in [-0.3, -0.25) is 10.2 Å². The molecule has 2 rings (SSSR count). The topological polar surface area (TPSA) is 79.4 Å². The SMILES string of the molecule is CC[C@](C)(CNC(=O)Nc1nncs1)N1CCOCC1. The normalized spacial score (nSPS) is 19.3. The number of carbonyl (C=O) groups is 1. The van der Waals surface area contributed by atoms with Crippen LogP contribution in [0.25, 0.3) is 0 Å². The first-order valence-electron chi connectivity index (χ1n) is 6.78. The van der Waals surface area contributed by atoms with Crippen LogP contribution in [0.2, 0.25) is 0 Å². The van der Waals surface area contributed by atoms with Crippen LogP contribution in [0.4, 0.5) is 9.93 Å². The monoisotopic (exact) mass is 299 g/mol. The Morgan fingerprint density at radius 2 is 2.30 bits per heavy atom. The number of nitrogens with zero attached hydrogens (tertiary/aromatic N) is 3. The number of amides is 2. The lowest BCUT2D eigenvalue weighted by atomic mass is 9.95. The Labute approximate surface area is 122 Å². The van der Waals surface area contributed by atoms with Gasteiger partial charge in [-0.2, -0.15) is 0 Å². The van der Waals surface area contributed by atoms with Crippen LogP contribution >= 0.6 is 11.3 Å². The minimum absolute atomic E-state index is 0.0533. The maximum Gasteiger partial charge on any atom is 0.321 e. The fourth-order valence-electron chi connectivity index (χ4n) is 2.20. The zero-order valence-corrected chi connectivity index (χ0v) is 12.7. The third-order valence-corrected chi connectivity index (χ3v) is 4.35. The zero-order valence-electron chi connectivity index (χ0n) is 11.9. The van der Waals surface area contributed by atoms with Gasteiger partial charge in [-0.1, -0.05) is 18.3 Å². The molecule has 0 aromatic carbocycles. The maximum atomic E-state index is 11.8. The molecule has 112 valence electrons. The molecule has 2 N–H and O–H groups in total. The lowest BCUT2D eigenvalue weighted by molar-refractivity contribution is -0.0163. The van der Waals surface area contributed by atoms with Crippen molar-refractivity contribution in [2.24, 2.45) is 0 Å². The summed E-state index contributed by atoms with van der Waals surface area (Å²) in [6.45, 7) is 8.23. The van der Waals surface area contributed by atoms with Crippen LogP contribution in [-0.4, -0.2) is 59.5 Å². The summed E-state index contributed by atoms with van der Waals surface area (Å²) < 4.78 is 5.38. The van der Waals surface area contributed by atoms with Crippen LogP contribution in [0.3, 0.4) is 0 Å². The van der Waals surface area contributed by atoms with Gasteiger partial charge in [-0.05, 0) is 13.3 Å². The van der Waals surface area contributed by atoms with Gasteiger partial charge in [0.1, 0.15) is 5.51 Å². The second-order valence-electron chi connectivity index (χ2n) is 5.00. The van der Waals surface area contributed by atoms with Crippen LogP contribution in [0, 0.1) is 0 Å². The van der Waals surface area contributed by atoms with Crippen molar-refractivity contribution in [3.63, 3.8) is 0 Å². The first-order chi connectivity index (χ1) is 9.64. The highest BCUT2D eigenvalue weighted by molar-refractivity contribution is 7.13. The molecule has 1 atom stereocenters. The van der Waals surface area contributed by atoms with Crippen molar-refractivity contribution in [2.75, 3.05) is 38.2 Å². The number of hydrogen-bond acceptors (Lipinski definition) is 6. The zero-order chi connectivity index (χ0) is 14.4. The molecule has 0 saturated carbocycles. The van der Waals surface area contributed by atoms with Crippen LogP contribution in [0.1, 0.15) is 20.3 Å². The summed E-state index contributed by atoms with van der Waals surface area (Å²) in [5.74, 6) is 0. The Kier molecular flexibility index (Phi) is 5.27. The first kappa shape index (κ1) is 15.1. The van der Waals surface area contributed by atoms with Gasteiger partial charge in [-0.25, -0.2) is 4.79 Å². The van der Waals surface area contributed by atoms with Crippen molar-refractivity contribution >= 4 is 22.5 Å². The summed E-state index contributed by atoms with van der Waals surface area (Å²) >= 11 is 1.30. The van der Waals surface area contributed by atoms with E-state index in [9.17, 15) is 4.79 Å². The maximum absolute atomic E-state index is 11.8. The van der Waals surface area contributed by atoms with Crippen molar-refractivity contribution in [3.8, 4) is 0 Å². The number of carbonyl (C=O) groups excluding carboxylic acids is 1. The molecular formula is C12H21N5O2S. The molecule has 0 aliphatic carbocycles. The lowest BCUT2D eigenvalue weighted by Crippen LogP contribution is -2.57. The fourth-order valence-corrected chi connectivity index (χ4v) is 2.64. The smallest absolute Gasteiger partial charge is 0.321 e. The Morgan fingerprint density at radius 3 is 2.90 bits per heavy atom. The third-order valence-electron chi connectivity index (χ3n) is 3.75. The van der Waals surface area contributed by atoms with E-state index in [0.29, 0.717) is 11.7 Å². The highest BCUT2D eigenvalue weighted by atomic mass is 32.1. The molecule has 1 saturated heterocycles. The molecule has 1 fully saturated rings. The molecule has 20 heavy (non-hydrogen) atoms. The van der Waals surface area contributed by atoms with E-state index in [1.807, 2.05) is 0 Å². The number of anilines is 1. The van der Waals surface area contributed by atoms with Crippen molar-refractivity contribution in [1.82, 2.24) is 20.4 Å². The Morgan fingerprint density at radius 1 is 1.55 bits per heavy atom. The molecule has 1 aliphatic heterocycles. The Bertz CT molecular complexity index is 421. The van der Waals surface area contributed by atoms with Crippen LogP contribution < -0.4 is 10.6 Å². The summed E-state index contributed by atoms with van der Waals surface area (Å²) in [5, 5.41) is 13.6. The van der Waals surface area contributed by atoms with Gasteiger partial charge in [0.25, 0.3) is 0 Å². The molecule has 1 aliphatic rings. The fraction of sp³-hybridized carbons (Fsp3) is 0.750. The first-order valence-corrected chi connectivity index (χ1v) is 7.66. The largest absolute Gasteiger partial charge is 0.379 e. The molecule has 0 spiro atoms. The number of morpholine rings is 1. The molecule has 0 unspecified atom stereocenters. The summed E-state index contributed by atoms with van der Waals surface area (Å²) in [6.07, 6.45) is 0.964. The predicted molar refractivity (Wildman–Crippen MR) is 78.0 cm³/mol. The number of hydrogen-bond donors (Lipinski definition) is 2. The standard InChI is InChI=1S/C12H21N5O2S/c1-3-12(2,17-4-6-19-7-5-17)8-13-10(18)15-11-16-14-9-20-11/h9H,3-8H2,1-2H3,(H2,13,15,16,18)/t12-/m1/s1. The number of aromatic nitrogens is 2. The minimum Gasteiger partial charge on any atom is -0.379 e. The van der Waals surface area contributed by atoms with Gasteiger partial charge >= 0.3 is 6.03 Å². The summed E-state index contributed by atoms with van der Waals surface area (Å²) in [5.41, 5.74) is 1.53. The molecular weight excluding hydrogens is 278 g/mol. The van der Waals surface area contributed by atoms with E-state index in [-0.39, 0.29) is 11.6 Å². The number of nitrogens with one attached hydrogen (secondary N) is 2. The number of rotatable bonds is 5. The van der Waals surface area contributed by atoms with Crippen molar-refractivity contribution in [2.45, 2.75) is 25.8 Å². The summed E-state index contributed by atoms with van der Waals surface area (Å²) in [4.78, 5) is 14.2. The highest BCUT2D eigenvalue weighted by Gasteiger charge is 2.31. The lowest BCUT2D eigenvalue weighted by Gasteiger charge is -2.42. The van der Waals surface area contributed by atoms with E-state index in [1.165, 1.54) is 11.3 Å². The Balaban J connectivity index is 1.84. The van der Waals surface area contributed by atoms with Crippen LogP contribution in [-0.2, 0) is 4.74 Å². The van der Waals surface area contributed by atoms with Crippen molar-refractivity contribution in [1.29, 1.82) is 0 Å².